The van der Waals surface area contributed by atoms with E-state index in [1.54, 1.807) is 27.0 Å². The smallest absolute Gasteiger partial charge is 0.426 e. The lowest BCUT2D eigenvalue weighted by Gasteiger charge is -2.30. The van der Waals surface area contributed by atoms with Crippen molar-refractivity contribution in [1.29, 1.82) is 0 Å². The largest absolute Gasteiger partial charge is 0.483 e. The zero-order valence-electron chi connectivity index (χ0n) is 20.4. The first kappa shape index (κ1) is 26.6. The topological polar surface area (TPSA) is 77.5 Å². The molecule has 10 heteroatoms. The third-order valence-electron chi connectivity index (χ3n) is 5.02. The number of hydrogen-bond donors (Lipinski definition) is 0. The van der Waals surface area contributed by atoms with Crippen LogP contribution in [0, 0.1) is 0 Å². The maximum absolute atomic E-state index is 13.5. The maximum atomic E-state index is 13.5. The Labute approximate surface area is 206 Å². The Balaban J connectivity index is 1.74. The molecule has 0 unspecified atom stereocenters. The molecule has 2 aromatic carbocycles. The normalized spacial score (nSPS) is 14.5. The predicted octanol–water partition coefficient (Wildman–Crippen LogP) is 6.12. The molecule has 0 saturated carbocycles. The third kappa shape index (κ3) is 6.77. The highest BCUT2D eigenvalue weighted by Gasteiger charge is 2.37. The van der Waals surface area contributed by atoms with Crippen molar-refractivity contribution in [3.63, 3.8) is 0 Å². The van der Waals surface area contributed by atoms with Crippen LogP contribution in [0.2, 0.25) is 0 Å². The summed E-state index contributed by atoms with van der Waals surface area (Å²) in [6.07, 6.45) is 0.698. The van der Waals surface area contributed by atoms with Gasteiger partial charge in [-0.3, -0.25) is 9.05 Å². The van der Waals surface area contributed by atoms with Gasteiger partial charge in [-0.25, -0.2) is 13.7 Å². The van der Waals surface area contributed by atoms with Gasteiger partial charge in [-0.05, 0) is 45.7 Å². The highest BCUT2D eigenvalue weighted by Crippen LogP contribution is 2.56. The van der Waals surface area contributed by atoms with E-state index in [9.17, 15) is 9.36 Å². The SMILES string of the molecule is CCOP(=O)(OCC)N(CCc1ccccc1)SN(C)C(=O)Oc1cccc2c1OC(C)(C)C2. The molecule has 0 aliphatic carbocycles. The van der Waals surface area contributed by atoms with E-state index in [1.165, 1.54) is 8.38 Å². The second kappa shape index (κ2) is 11.6. The van der Waals surface area contributed by atoms with Gasteiger partial charge in [-0.15, -0.1) is 4.08 Å². The molecule has 0 radical (unpaired) electrons. The predicted molar refractivity (Wildman–Crippen MR) is 134 cm³/mol. The molecular formula is C24H33N2O6PS. The molecule has 186 valence electrons. The van der Waals surface area contributed by atoms with Crippen LogP contribution in [-0.2, 0) is 26.5 Å². The third-order valence-corrected chi connectivity index (χ3v) is 8.52. The van der Waals surface area contributed by atoms with E-state index in [4.69, 9.17) is 18.5 Å². The quantitative estimate of drug-likeness (QED) is 0.265. The van der Waals surface area contributed by atoms with Gasteiger partial charge >= 0.3 is 13.8 Å². The number of benzene rings is 2. The van der Waals surface area contributed by atoms with E-state index in [1.807, 2.05) is 56.3 Å². The molecule has 3 rings (SSSR count). The molecule has 0 fully saturated rings. The number of nitrogens with zero attached hydrogens (tertiary/aromatic N) is 2. The Hall–Kier alpha value is -2.03. The number of amides is 1. The van der Waals surface area contributed by atoms with Gasteiger partial charge in [0.15, 0.2) is 11.5 Å². The van der Waals surface area contributed by atoms with Crippen molar-refractivity contribution in [2.24, 2.45) is 0 Å². The summed E-state index contributed by atoms with van der Waals surface area (Å²) in [5.41, 5.74) is 1.70. The highest BCUT2D eigenvalue weighted by molar-refractivity contribution is 7.99. The van der Waals surface area contributed by atoms with Crippen LogP contribution in [-0.4, -0.2) is 46.9 Å². The molecule has 8 nitrogen and oxygen atoms in total. The Morgan fingerprint density at radius 1 is 1.09 bits per heavy atom. The van der Waals surface area contributed by atoms with Gasteiger partial charge in [-0.1, -0.05) is 42.5 Å². The molecule has 0 aromatic heterocycles. The Kier molecular flexibility index (Phi) is 9.07. The number of fused-ring (bicyclic) bond motifs is 1. The van der Waals surface area contributed by atoms with E-state index in [0.29, 0.717) is 24.5 Å². The molecule has 1 amide bonds. The monoisotopic (exact) mass is 508 g/mol. The van der Waals surface area contributed by atoms with Gasteiger partial charge in [0.05, 0.1) is 25.3 Å². The standard InChI is InChI=1S/C24H33N2O6PS/c1-6-29-33(28,30-7-2)26(17-16-19-12-9-8-10-13-19)34-25(5)23(27)31-21-15-11-14-20-18-24(3,4)32-22(20)21/h8-15H,6-7,16-18H2,1-5H3. The zero-order valence-corrected chi connectivity index (χ0v) is 22.1. The van der Waals surface area contributed by atoms with Crippen molar-refractivity contribution < 1.29 is 27.9 Å². The maximum Gasteiger partial charge on any atom is 0.426 e. The van der Waals surface area contributed by atoms with Crippen LogP contribution < -0.4 is 9.47 Å². The first-order valence-corrected chi connectivity index (χ1v) is 13.6. The molecule has 0 spiro atoms. The van der Waals surface area contributed by atoms with Gasteiger partial charge in [0.25, 0.3) is 0 Å². The number of ether oxygens (including phenoxy) is 2. The van der Waals surface area contributed by atoms with E-state index in [2.05, 4.69) is 0 Å². The summed E-state index contributed by atoms with van der Waals surface area (Å²) in [4.78, 5) is 13.0. The number of carbonyl (C=O) groups excluding carboxylic acids is 1. The number of para-hydroxylation sites is 1. The highest BCUT2D eigenvalue weighted by atomic mass is 32.2. The Morgan fingerprint density at radius 3 is 2.41 bits per heavy atom. The summed E-state index contributed by atoms with van der Waals surface area (Å²) in [7, 11) is -2.10. The van der Waals surface area contributed by atoms with E-state index < -0.39 is 13.8 Å². The van der Waals surface area contributed by atoms with E-state index in [-0.39, 0.29) is 18.8 Å². The minimum absolute atomic E-state index is 0.205. The molecule has 0 N–H and O–H groups in total. The second-order valence-electron chi connectivity index (χ2n) is 8.35. The fourth-order valence-electron chi connectivity index (χ4n) is 3.57. The summed E-state index contributed by atoms with van der Waals surface area (Å²) in [6.45, 7) is 8.23. The number of rotatable bonds is 11. The molecule has 34 heavy (non-hydrogen) atoms. The van der Waals surface area contributed by atoms with Gasteiger partial charge in [0, 0.05) is 25.6 Å². The summed E-state index contributed by atoms with van der Waals surface area (Å²) in [5.74, 6) is 0.934. The molecule has 1 aliphatic heterocycles. The second-order valence-corrected chi connectivity index (χ2v) is 11.7. The lowest BCUT2D eigenvalue weighted by Crippen LogP contribution is -2.30. The van der Waals surface area contributed by atoms with Crippen LogP contribution in [0.15, 0.2) is 48.5 Å². The van der Waals surface area contributed by atoms with Crippen molar-refractivity contribution >= 4 is 26.0 Å². The molecule has 0 atom stereocenters. The first-order valence-electron chi connectivity index (χ1n) is 11.3. The minimum Gasteiger partial charge on any atom is -0.483 e. The lowest BCUT2D eigenvalue weighted by atomic mass is 10.0. The van der Waals surface area contributed by atoms with Crippen LogP contribution in [0.25, 0.3) is 0 Å². The van der Waals surface area contributed by atoms with Crippen molar-refractivity contribution in [1.82, 2.24) is 8.38 Å². The van der Waals surface area contributed by atoms with Gasteiger partial charge in [-0.2, -0.15) is 0 Å². The van der Waals surface area contributed by atoms with Crippen LogP contribution in [0.3, 0.4) is 0 Å². The average molecular weight is 509 g/mol. The molecule has 2 aromatic rings. The number of carbonyl (C=O) groups is 1. The lowest BCUT2D eigenvalue weighted by molar-refractivity contribution is 0.131. The zero-order chi connectivity index (χ0) is 24.8. The van der Waals surface area contributed by atoms with Gasteiger partial charge in [0.2, 0.25) is 0 Å². The van der Waals surface area contributed by atoms with Crippen molar-refractivity contribution in [3.05, 3.63) is 59.7 Å². The first-order chi connectivity index (χ1) is 16.2. The van der Waals surface area contributed by atoms with Crippen LogP contribution >= 0.6 is 19.9 Å². The van der Waals surface area contributed by atoms with E-state index >= 15 is 0 Å². The number of hydrogen-bond acceptors (Lipinski definition) is 7. The van der Waals surface area contributed by atoms with Gasteiger partial charge in [0.1, 0.15) is 5.60 Å². The minimum atomic E-state index is -3.65. The van der Waals surface area contributed by atoms with E-state index in [0.717, 1.165) is 29.7 Å². The molecular weight excluding hydrogens is 475 g/mol. The molecule has 0 saturated heterocycles. The summed E-state index contributed by atoms with van der Waals surface area (Å²) in [5, 5.41) is 0. The van der Waals surface area contributed by atoms with Crippen molar-refractivity contribution in [2.75, 3.05) is 26.8 Å². The Bertz CT molecular complexity index is 1010. The van der Waals surface area contributed by atoms with Crippen molar-refractivity contribution in [3.8, 4) is 11.5 Å². The summed E-state index contributed by atoms with van der Waals surface area (Å²) >= 11 is 0.949. The molecule has 0 bridgehead atoms. The fourth-order valence-corrected chi connectivity index (χ4v) is 6.43. The average Bonchev–Trinajstić information content (AvgIpc) is 3.12. The van der Waals surface area contributed by atoms with Crippen LogP contribution in [0.4, 0.5) is 4.79 Å². The fraction of sp³-hybridized carbons (Fsp3) is 0.458. The van der Waals surface area contributed by atoms with Crippen LogP contribution in [0.5, 0.6) is 11.5 Å². The van der Waals surface area contributed by atoms with Crippen molar-refractivity contribution in [2.45, 2.75) is 46.1 Å². The van der Waals surface area contributed by atoms with Gasteiger partial charge < -0.3 is 9.47 Å². The summed E-state index contributed by atoms with van der Waals surface area (Å²) in [6, 6.07) is 15.3. The van der Waals surface area contributed by atoms with Crippen LogP contribution in [0.1, 0.15) is 38.8 Å². The molecule has 1 heterocycles. The summed E-state index contributed by atoms with van der Waals surface area (Å²) < 4.78 is 39.0. The molecule has 1 aliphatic rings. The Morgan fingerprint density at radius 2 is 1.76 bits per heavy atom.